The van der Waals surface area contributed by atoms with Gasteiger partial charge in [0.2, 0.25) is 0 Å². The number of amides is 1. The van der Waals surface area contributed by atoms with Gasteiger partial charge in [-0.15, -0.1) is 23.7 Å². The minimum Gasteiger partial charge on any atom is -0.350 e. The van der Waals surface area contributed by atoms with E-state index in [0.717, 1.165) is 0 Å². The van der Waals surface area contributed by atoms with Crippen molar-refractivity contribution in [2.24, 2.45) is 0 Å². The van der Waals surface area contributed by atoms with Crippen LogP contribution < -0.4 is 5.32 Å². The highest BCUT2D eigenvalue weighted by Crippen LogP contribution is 2.20. The summed E-state index contributed by atoms with van der Waals surface area (Å²) in [5.74, 6) is 2.32. The van der Waals surface area contributed by atoms with Gasteiger partial charge in [0.1, 0.15) is 0 Å². The van der Waals surface area contributed by atoms with Gasteiger partial charge in [-0.05, 0) is 12.1 Å². The molecule has 1 rings (SSSR count). The quantitative estimate of drug-likeness (QED) is 0.605. The first-order chi connectivity index (χ1) is 6.24. The Morgan fingerprint density at radius 2 is 2.46 bits per heavy atom. The second kappa shape index (κ2) is 4.90. The Morgan fingerprint density at radius 3 is 3.00 bits per heavy atom. The van der Waals surface area contributed by atoms with Crippen molar-refractivity contribution in [2.75, 3.05) is 6.54 Å². The Labute approximate surface area is 85.9 Å². The van der Waals surface area contributed by atoms with Crippen molar-refractivity contribution in [3.05, 3.63) is 21.3 Å². The topological polar surface area (TPSA) is 29.1 Å². The van der Waals surface area contributed by atoms with Gasteiger partial charge >= 0.3 is 0 Å². The molecule has 13 heavy (non-hydrogen) atoms. The lowest BCUT2D eigenvalue weighted by molar-refractivity contribution is 0.0958. The SMILES string of the molecule is C#CCCNC(=O)c1ccc(Cl)s1. The van der Waals surface area contributed by atoms with E-state index in [-0.39, 0.29) is 5.91 Å². The molecule has 0 atom stereocenters. The van der Waals surface area contributed by atoms with Crippen LogP contribution in [0.4, 0.5) is 0 Å². The summed E-state index contributed by atoms with van der Waals surface area (Å²) in [4.78, 5) is 11.9. The van der Waals surface area contributed by atoms with E-state index in [2.05, 4.69) is 11.2 Å². The van der Waals surface area contributed by atoms with E-state index in [1.165, 1.54) is 11.3 Å². The summed E-state index contributed by atoms with van der Waals surface area (Å²) in [7, 11) is 0. The molecule has 0 aliphatic heterocycles. The lowest BCUT2D eigenvalue weighted by atomic mass is 10.4. The first kappa shape index (κ1) is 10.1. The number of carbonyl (C=O) groups excluding carboxylic acids is 1. The number of nitrogens with one attached hydrogen (secondary N) is 1. The number of terminal acetylenes is 1. The van der Waals surface area contributed by atoms with Crippen LogP contribution in [0.3, 0.4) is 0 Å². The van der Waals surface area contributed by atoms with Crippen molar-refractivity contribution in [1.82, 2.24) is 5.32 Å². The van der Waals surface area contributed by atoms with Crippen LogP contribution in [-0.2, 0) is 0 Å². The average Bonchev–Trinajstić information content (AvgIpc) is 2.52. The maximum atomic E-state index is 11.3. The average molecular weight is 214 g/mol. The van der Waals surface area contributed by atoms with Gasteiger partial charge in [-0.3, -0.25) is 4.79 Å². The molecule has 0 aliphatic carbocycles. The van der Waals surface area contributed by atoms with E-state index < -0.39 is 0 Å². The van der Waals surface area contributed by atoms with E-state index in [4.69, 9.17) is 18.0 Å². The second-order valence-corrected chi connectivity index (χ2v) is 4.03. The fourth-order valence-corrected chi connectivity index (χ4v) is 1.73. The van der Waals surface area contributed by atoms with Crippen LogP contribution in [0.15, 0.2) is 12.1 Å². The van der Waals surface area contributed by atoms with Crippen molar-refractivity contribution < 1.29 is 4.79 Å². The lowest BCUT2D eigenvalue weighted by Gasteiger charge is -1.98. The maximum absolute atomic E-state index is 11.3. The number of rotatable bonds is 3. The van der Waals surface area contributed by atoms with Crippen LogP contribution in [0.2, 0.25) is 4.34 Å². The van der Waals surface area contributed by atoms with E-state index in [9.17, 15) is 4.79 Å². The van der Waals surface area contributed by atoms with Gasteiger partial charge < -0.3 is 5.32 Å². The Kier molecular flexibility index (Phi) is 3.81. The zero-order chi connectivity index (χ0) is 9.68. The van der Waals surface area contributed by atoms with Crippen molar-refractivity contribution in [3.63, 3.8) is 0 Å². The molecule has 0 aromatic carbocycles. The van der Waals surface area contributed by atoms with Crippen LogP contribution in [0.1, 0.15) is 16.1 Å². The summed E-state index contributed by atoms with van der Waals surface area (Å²) >= 11 is 6.93. The molecule has 0 aliphatic rings. The predicted octanol–water partition coefficient (Wildman–Crippen LogP) is 2.15. The van der Waals surface area contributed by atoms with E-state index in [1.54, 1.807) is 12.1 Å². The van der Waals surface area contributed by atoms with Gasteiger partial charge in [-0.1, -0.05) is 11.6 Å². The van der Waals surface area contributed by atoms with Gasteiger partial charge in [0.25, 0.3) is 5.91 Å². The number of halogens is 1. The van der Waals surface area contributed by atoms with Gasteiger partial charge in [-0.2, -0.15) is 0 Å². The third kappa shape index (κ3) is 3.10. The van der Waals surface area contributed by atoms with Crippen LogP contribution >= 0.6 is 22.9 Å². The van der Waals surface area contributed by atoms with E-state index in [0.29, 0.717) is 22.2 Å². The third-order valence-corrected chi connectivity index (χ3v) is 2.58. The molecule has 1 aromatic rings. The van der Waals surface area contributed by atoms with Gasteiger partial charge in [0, 0.05) is 13.0 Å². The fourth-order valence-electron chi connectivity index (χ4n) is 0.772. The van der Waals surface area contributed by atoms with Crippen molar-refractivity contribution in [3.8, 4) is 12.3 Å². The molecule has 4 heteroatoms. The summed E-state index contributed by atoms with van der Waals surface area (Å²) < 4.78 is 0.613. The van der Waals surface area contributed by atoms with E-state index in [1.807, 2.05) is 0 Å². The Morgan fingerprint density at radius 1 is 1.69 bits per heavy atom. The number of thiophene rings is 1. The maximum Gasteiger partial charge on any atom is 0.261 e. The predicted molar refractivity (Wildman–Crippen MR) is 55.1 cm³/mol. The Bertz CT molecular complexity index is 340. The summed E-state index contributed by atoms with van der Waals surface area (Å²) in [6, 6.07) is 3.39. The lowest BCUT2D eigenvalue weighted by Crippen LogP contribution is -2.23. The van der Waals surface area contributed by atoms with Crippen LogP contribution in [-0.4, -0.2) is 12.5 Å². The second-order valence-electron chi connectivity index (χ2n) is 2.31. The first-order valence-electron chi connectivity index (χ1n) is 3.71. The smallest absolute Gasteiger partial charge is 0.261 e. The molecule has 1 amide bonds. The number of hydrogen-bond acceptors (Lipinski definition) is 2. The third-order valence-electron chi connectivity index (χ3n) is 1.35. The Hall–Kier alpha value is -0.980. The number of carbonyl (C=O) groups is 1. The molecule has 0 saturated heterocycles. The largest absolute Gasteiger partial charge is 0.350 e. The van der Waals surface area contributed by atoms with Gasteiger partial charge in [-0.25, -0.2) is 0 Å². The highest BCUT2D eigenvalue weighted by molar-refractivity contribution is 7.17. The van der Waals surface area contributed by atoms with Gasteiger partial charge in [0.05, 0.1) is 9.21 Å². The summed E-state index contributed by atoms with van der Waals surface area (Å²) in [5, 5.41) is 2.68. The molecule has 0 bridgehead atoms. The standard InChI is InChI=1S/C9H8ClNOS/c1-2-3-6-11-9(12)7-4-5-8(10)13-7/h1,4-5H,3,6H2,(H,11,12). The summed E-state index contributed by atoms with van der Waals surface area (Å²) in [6.07, 6.45) is 5.58. The van der Waals surface area contributed by atoms with Crippen molar-refractivity contribution in [2.45, 2.75) is 6.42 Å². The van der Waals surface area contributed by atoms with Crippen molar-refractivity contribution in [1.29, 1.82) is 0 Å². The van der Waals surface area contributed by atoms with E-state index >= 15 is 0 Å². The molecule has 1 heterocycles. The normalized spacial score (nSPS) is 9.23. The molecule has 68 valence electrons. The molecule has 0 unspecified atom stereocenters. The fraction of sp³-hybridized carbons (Fsp3) is 0.222. The minimum absolute atomic E-state index is 0.118. The molecule has 1 aromatic heterocycles. The van der Waals surface area contributed by atoms with Crippen LogP contribution in [0.5, 0.6) is 0 Å². The van der Waals surface area contributed by atoms with Gasteiger partial charge in [0.15, 0.2) is 0 Å². The molecule has 0 fully saturated rings. The molecular weight excluding hydrogens is 206 g/mol. The first-order valence-corrected chi connectivity index (χ1v) is 4.90. The molecular formula is C9H8ClNOS. The van der Waals surface area contributed by atoms with Crippen LogP contribution in [0.25, 0.3) is 0 Å². The molecule has 1 N–H and O–H groups in total. The summed E-state index contributed by atoms with van der Waals surface area (Å²) in [6.45, 7) is 0.505. The highest BCUT2D eigenvalue weighted by Gasteiger charge is 2.06. The highest BCUT2D eigenvalue weighted by atomic mass is 35.5. The minimum atomic E-state index is -0.118. The Balaban J connectivity index is 2.45. The van der Waals surface area contributed by atoms with Crippen LogP contribution in [0, 0.1) is 12.3 Å². The molecule has 2 nitrogen and oxygen atoms in total. The molecule has 0 saturated carbocycles. The molecule has 0 spiro atoms. The zero-order valence-electron chi connectivity index (χ0n) is 6.84. The zero-order valence-corrected chi connectivity index (χ0v) is 8.41. The molecule has 0 radical (unpaired) electrons. The monoisotopic (exact) mass is 213 g/mol. The van der Waals surface area contributed by atoms with Crippen molar-refractivity contribution >= 4 is 28.8 Å². The number of hydrogen-bond donors (Lipinski definition) is 1. The summed E-state index contributed by atoms with van der Waals surface area (Å²) in [5.41, 5.74) is 0.